The first-order valence-corrected chi connectivity index (χ1v) is 15.2. The third kappa shape index (κ3) is 4.16. The quantitative estimate of drug-likeness (QED) is 0.265. The lowest BCUT2D eigenvalue weighted by atomic mass is 9.43. The molecule has 0 N–H and O–H groups in total. The highest BCUT2D eigenvalue weighted by Gasteiger charge is 2.63. The first kappa shape index (κ1) is 27.3. The van der Waals surface area contributed by atoms with Crippen molar-refractivity contribution in [1.82, 2.24) is 0 Å². The molecular weight excluding hydrogens is 428 g/mol. The smallest absolute Gasteiger partial charge is 0.302 e. The lowest BCUT2D eigenvalue weighted by molar-refractivity contribution is -0.167. The fourth-order valence-corrected chi connectivity index (χ4v) is 10.4. The van der Waals surface area contributed by atoms with Crippen LogP contribution >= 0.6 is 0 Å². The number of esters is 1. The van der Waals surface area contributed by atoms with E-state index >= 15 is 0 Å². The van der Waals surface area contributed by atoms with Crippen molar-refractivity contribution < 1.29 is 9.53 Å². The Morgan fingerprint density at radius 3 is 2.23 bits per heavy atom. The molecular formula is C33H56O2. The van der Waals surface area contributed by atoms with E-state index in [0.717, 1.165) is 24.2 Å². The minimum absolute atomic E-state index is 0.0423. The number of hydrogen-bond acceptors (Lipinski definition) is 2. The molecule has 0 radical (unpaired) electrons. The summed E-state index contributed by atoms with van der Waals surface area (Å²) >= 11 is 0. The molecule has 7 atom stereocenters. The van der Waals surface area contributed by atoms with Gasteiger partial charge in [0.05, 0.1) is 0 Å². The summed E-state index contributed by atoms with van der Waals surface area (Å²) in [6.45, 7) is 21.6. The van der Waals surface area contributed by atoms with Gasteiger partial charge in [-0.05, 0) is 91.3 Å². The van der Waals surface area contributed by atoms with Gasteiger partial charge in [-0.1, -0.05) is 92.2 Å². The third-order valence-electron chi connectivity index (χ3n) is 12.9. The van der Waals surface area contributed by atoms with Crippen molar-refractivity contribution in [1.29, 1.82) is 0 Å². The number of carbonyl (C=O) groups is 1. The Morgan fingerprint density at radius 2 is 1.60 bits per heavy atom. The molecule has 4 rings (SSSR count). The molecule has 35 heavy (non-hydrogen) atoms. The molecule has 200 valence electrons. The number of rotatable bonds is 7. The van der Waals surface area contributed by atoms with Gasteiger partial charge in [0.2, 0.25) is 0 Å². The van der Waals surface area contributed by atoms with E-state index in [1.165, 1.54) is 70.6 Å². The van der Waals surface area contributed by atoms with Crippen molar-refractivity contribution in [2.24, 2.45) is 45.3 Å². The van der Waals surface area contributed by atoms with Crippen LogP contribution in [0, 0.1) is 45.3 Å². The van der Waals surface area contributed by atoms with Crippen LogP contribution in [0.5, 0.6) is 0 Å². The fraction of sp³-hybridized carbons (Fsp3) is 0.909. The molecule has 0 aromatic rings. The highest BCUT2D eigenvalue weighted by molar-refractivity contribution is 5.66. The van der Waals surface area contributed by atoms with Crippen molar-refractivity contribution in [2.45, 2.75) is 145 Å². The van der Waals surface area contributed by atoms with E-state index in [0.29, 0.717) is 16.7 Å². The van der Waals surface area contributed by atoms with Crippen LogP contribution in [0.25, 0.3) is 0 Å². The average Bonchev–Trinajstić information content (AvgIpc) is 3.07. The minimum Gasteiger partial charge on any atom is -0.462 e. The van der Waals surface area contributed by atoms with Crippen molar-refractivity contribution in [2.75, 3.05) is 0 Å². The van der Waals surface area contributed by atoms with Gasteiger partial charge in [-0.15, -0.1) is 0 Å². The summed E-state index contributed by atoms with van der Waals surface area (Å²) in [6, 6.07) is 0. The van der Waals surface area contributed by atoms with Crippen LogP contribution in [0.2, 0.25) is 0 Å². The normalized spacial score (nSPS) is 41.3. The lowest BCUT2D eigenvalue weighted by Crippen LogP contribution is -2.55. The monoisotopic (exact) mass is 484 g/mol. The van der Waals surface area contributed by atoms with E-state index in [9.17, 15) is 4.79 Å². The lowest BCUT2D eigenvalue weighted by Gasteiger charge is -2.62. The fourth-order valence-electron chi connectivity index (χ4n) is 10.4. The first-order valence-electron chi connectivity index (χ1n) is 15.2. The Hall–Kier alpha value is -0.790. The van der Waals surface area contributed by atoms with E-state index in [1.54, 1.807) is 6.92 Å². The van der Waals surface area contributed by atoms with Crippen LogP contribution in [0.1, 0.15) is 139 Å². The largest absolute Gasteiger partial charge is 0.462 e. The van der Waals surface area contributed by atoms with Crippen molar-refractivity contribution in [3.05, 3.63) is 11.1 Å². The SMILES string of the molecule is CCC(CC)CC[C@H](C)C1CC[C@@]2(C)C3=C(CC[C@]12C)[C@@]1(C)CC[C@H](OC(C)=O)C(C)(C)C1CC3. The Kier molecular flexibility index (Phi) is 7.40. The molecule has 0 spiro atoms. The van der Waals surface area contributed by atoms with E-state index in [-0.39, 0.29) is 22.9 Å². The molecule has 0 aliphatic heterocycles. The van der Waals surface area contributed by atoms with Gasteiger partial charge in [0.25, 0.3) is 0 Å². The van der Waals surface area contributed by atoms with E-state index in [1.807, 2.05) is 11.1 Å². The van der Waals surface area contributed by atoms with Gasteiger partial charge in [-0.25, -0.2) is 0 Å². The maximum atomic E-state index is 11.8. The van der Waals surface area contributed by atoms with Gasteiger partial charge in [-0.2, -0.15) is 0 Å². The molecule has 2 nitrogen and oxygen atoms in total. The molecule has 2 heteroatoms. The van der Waals surface area contributed by atoms with Gasteiger partial charge in [0, 0.05) is 12.3 Å². The zero-order chi connectivity index (χ0) is 25.8. The average molecular weight is 485 g/mol. The summed E-state index contributed by atoms with van der Waals surface area (Å²) in [4.78, 5) is 11.8. The molecule has 0 amide bonds. The molecule has 0 saturated heterocycles. The molecule has 0 aromatic heterocycles. The molecule has 2 fully saturated rings. The number of allylic oxidation sites excluding steroid dienone is 2. The Labute approximate surface area is 217 Å². The first-order chi connectivity index (χ1) is 16.3. The predicted octanol–water partition coefficient (Wildman–Crippen LogP) is 9.52. The van der Waals surface area contributed by atoms with Gasteiger partial charge in [0.1, 0.15) is 6.10 Å². The highest BCUT2D eigenvalue weighted by atomic mass is 16.5. The summed E-state index contributed by atoms with van der Waals surface area (Å²) in [6.07, 6.45) is 15.8. The van der Waals surface area contributed by atoms with E-state index in [2.05, 4.69) is 55.4 Å². The summed E-state index contributed by atoms with van der Waals surface area (Å²) < 4.78 is 5.88. The number of hydrogen-bond donors (Lipinski definition) is 0. The Bertz CT molecular complexity index is 834. The second-order valence-electron chi connectivity index (χ2n) is 14.6. The summed E-state index contributed by atoms with van der Waals surface area (Å²) in [5.41, 5.74) is 4.86. The topological polar surface area (TPSA) is 26.3 Å². The number of ether oxygens (including phenoxy) is 1. The van der Waals surface area contributed by atoms with Crippen LogP contribution in [-0.2, 0) is 9.53 Å². The minimum atomic E-state index is -0.112. The predicted molar refractivity (Wildman–Crippen MR) is 147 cm³/mol. The van der Waals surface area contributed by atoms with Crippen molar-refractivity contribution in [3.8, 4) is 0 Å². The van der Waals surface area contributed by atoms with Crippen LogP contribution in [0.4, 0.5) is 0 Å². The number of carbonyl (C=O) groups excluding carboxylic acids is 1. The molecule has 2 unspecified atom stereocenters. The molecule has 2 saturated carbocycles. The van der Waals surface area contributed by atoms with Crippen LogP contribution in [0.3, 0.4) is 0 Å². The molecule has 4 aliphatic carbocycles. The van der Waals surface area contributed by atoms with Crippen LogP contribution in [-0.4, -0.2) is 12.1 Å². The molecule has 0 bridgehead atoms. The van der Waals surface area contributed by atoms with Gasteiger partial charge < -0.3 is 4.74 Å². The second kappa shape index (κ2) is 9.50. The van der Waals surface area contributed by atoms with Crippen molar-refractivity contribution in [3.63, 3.8) is 0 Å². The Balaban J connectivity index is 1.60. The standard InChI is InChI=1S/C33H56O2/c1-10-24(11-2)13-12-22(3)25-16-20-33(9)27-14-15-28-30(5,6)29(35-23(4)34)18-19-31(28,7)26(27)17-21-32(25,33)8/h22,24-25,28-29H,10-21H2,1-9H3/t22-,25?,28?,29-,31+,32+,33-/m0/s1. The number of fused-ring (bicyclic) bond motifs is 4. The third-order valence-corrected chi connectivity index (χ3v) is 12.9. The molecule has 0 heterocycles. The summed E-state index contributed by atoms with van der Waals surface area (Å²) in [5, 5.41) is 0. The zero-order valence-corrected chi connectivity index (χ0v) is 24.7. The summed E-state index contributed by atoms with van der Waals surface area (Å²) in [7, 11) is 0. The van der Waals surface area contributed by atoms with E-state index < -0.39 is 0 Å². The van der Waals surface area contributed by atoms with Crippen LogP contribution in [0.15, 0.2) is 11.1 Å². The molecule has 0 aromatic carbocycles. The van der Waals surface area contributed by atoms with Gasteiger partial charge in [0.15, 0.2) is 0 Å². The Morgan fingerprint density at radius 1 is 0.914 bits per heavy atom. The second-order valence-corrected chi connectivity index (χ2v) is 14.6. The van der Waals surface area contributed by atoms with E-state index in [4.69, 9.17) is 4.74 Å². The van der Waals surface area contributed by atoms with Gasteiger partial charge in [-0.3, -0.25) is 4.79 Å². The summed E-state index contributed by atoms with van der Waals surface area (Å²) in [5.74, 6) is 3.13. The van der Waals surface area contributed by atoms with Crippen LogP contribution < -0.4 is 0 Å². The maximum Gasteiger partial charge on any atom is 0.302 e. The highest BCUT2D eigenvalue weighted by Crippen LogP contribution is 2.72. The van der Waals surface area contributed by atoms with Crippen molar-refractivity contribution >= 4 is 5.97 Å². The maximum absolute atomic E-state index is 11.8. The van der Waals surface area contributed by atoms with Gasteiger partial charge >= 0.3 is 5.97 Å². The zero-order valence-electron chi connectivity index (χ0n) is 24.7. The molecule has 4 aliphatic rings.